The average Bonchev–Trinajstić information content (AvgIpc) is 3.42. The molecule has 2 fully saturated rings. The van der Waals surface area contributed by atoms with Gasteiger partial charge < -0.3 is 14.2 Å². The maximum Gasteiger partial charge on any atom is 0.276 e. The molecule has 0 unspecified atom stereocenters. The van der Waals surface area contributed by atoms with Gasteiger partial charge in [-0.25, -0.2) is 0 Å². The predicted octanol–water partition coefficient (Wildman–Crippen LogP) is 4.37. The summed E-state index contributed by atoms with van der Waals surface area (Å²) in [6, 6.07) is 14.6. The number of carbonyl (C=O) groups excluding carboxylic acids is 1. The van der Waals surface area contributed by atoms with Crippen LogP contribution in [0.4, 0.5) is 0 Å². The SMILES string of the molecule is O=C(c1noc2cc(C3CC3)ccc12)N1CCC2(CC1)OCc1ccccc12. The Labute approximate surface area is 163 Å². The molecule has 0 atom stereocenters. The van der Waals surface area contributed by atoms with E-state index in [-0.39, 0.29) is 11.5 Å². The molecule has 1 spiro atoms. The molecule has 1 amide bonds. The Bertz CT molecular complexity index is 1070. The molecule has 1 saturated carbocycles. The summed E-state index contributed by atoms with van der Waals surface area (Å²) in [5.41, 5.74) is 4.77. The Morgan fingerprint density at radius 3 is 2.75 bits per heavy atom. The Kier molecular flexibility index (Phi) is 3.45. The van der Waals surface area contributed by atoms with E-state index in [4.69, 9.17) is 9.26 Å². The van der Waals surface area contributed by atoms with E-state index >= 15 is 0 Å². The van der Waals surface area contributed by atoms with Gasteiger partial charge in [-0.1, -0.05) is 35.5 Å². The molecule has 2 aliphatic heterocycles. The van der Waals surface area contributed by atoms with Crippen LogP contribution in [0.2, 0.25) is 0 Å². The lowest BCUT2D eigenvalue weighted by atomic mass is 9.84. The van der Waals surface area contributed by atoms with Gasteiger partial charge in [-0.3, -0.25) is 4.79 Å². The largest absolute Gasteiger partial charge is 0.365 e. The van der Waals surface area contributed by atoms with Gasteiger partial charge in [0.2, 0.25) is 0 Å². The number of carbonyl (C=O) groups is 1. The highest BCUT2D eigenvalue weighted by molar-refractivity contribution is 6.04. The minimum absolute atomic E-state index is 0.0425. The molecule has 28 heavy (non-hydrogen) atoms. The summed E-state index contributed by atoms with van der Waals surface area (Å²) in [6.45, 7) is 2.00. The molecule has 1 saturated heterocycles. The van der Waals surface area contributed by atoms with Crippen molar-refractivity contribution in [3.8, 4) is 0 Å². The van der Waals surface area contributed by atoms with Crippen molar-refractivity contribution in [1.82, 2.24) is 10.1 Å². The van der Waals surface area contributed by atoms with Gasteiger partial charge in [-0.05, 0) is 60.4 Å². The summed E-state index contributed by atoms with van der Waals surface area (Å²) in [6.07, 6.45) is 4.12. The van der Waals surface area contributed by atoms with Gasteiger partial charge in [0.15, 0.2) is 11.3 Å². The van der Waals surface area contributed by atoms with Crippen LogP contribution in [-0.2, 0) is 16.9 Å². The van der Waals surface area contributed by atoms with Gasteiger partial charge in [-0.15, -0.1) is 0 Å². The summed E-state index contributed by atoms with van der Waals surface area (Å²) < 4.78 is 11.7. The van der Waals surface area contributed by atoms with E-state index in [0.29, 0.717) is 36.9 Å². The van der Waals surface area contributed by atoms with Gasteiger partial charge in [0.1, 0.15) is 0 Å². The van der Waals surface area contributed by atoms with Gasteiger partial charge >= 0.3 is 0 Å². The normalized spacial score (nSPS) is 20.6. The fourth-order valence-corrected chi connectivity index (χ4v) is 4.80. The minimum Gasteiger partial charge on any atom is -0.365 e. The molecule has 142 valence electrons. The number of ether oxygens (including phenoxy) is 1. The van der Waals surface area contributed by atoms with Crippen molar-refractivity contribution in [3.05, 3.63) is 64.8 Å². The molecule has 0 N–H and O–H groups in total. The summed E-state index contributed by atoms with van der Waals surface area (Å²) in [7, 11) is 0. The molecule has 1 aliphatic carbocycles. The maximum atomic E-state index is 13.1. The molecule has 0 bridgehead atoms. The highest BCUT2D eigenvalue weighted by Gasteiger charge is 2.43. The van der Waals surface area contributed by atoms with Crippen LogP contribution in [0.3, 0.4) is 0 Å². The van der Waals surface area contributed by atoms with Crippen molar-refractivity contribution < 1.29 is 14.1 Å². The van der Waals surface area contributed by atoms with E-state index in [9.17, 15) is 4.79 Å². The van der Waals surface area contributed by atoms with Crippen LogP contribution in [0.1, 0.15) is 58.8 Å². The third-order valence-electron chi connectivity index (χ3n) is 6.62. The van der Waals surface area contributed by atoms with Crippen molar-refractivity contribution in [1.29, 1.82) is 0 Å². The highest BCUT2D eigenvalue weighted by atomic mass is 16.5. The van der Waals surface area contributed by atoms with E-state index in [1.165, 1.54) is 29.5 Å². The summed E-state index contributed by atoms with van der Waals surface area (Å²) in [4.78, 5) is 15.0. The summed E-state index contributed by atoms with van der Waals surface area (Å²) in [5, 5.41) is 4.94. The van der Waals surface area contributed by atoms with Crippen LogP contribution < -0.4 is 0 Å². The van der Waals surface area contributed by atoms with E-state index in [1.807, 2.05) is 17.0 Å². The average molecular weight is 374 g/mol. The van der Waals surface area contributed by atoms with Crippen LogP contribution in [0.25, 0.3) is 11.0 Å². The lowest BCUT2D eigenvalue weighted by molar-refractivity contribution is -0.0742. The first-order chi connectivity index (χ1) is 13.7. The Hall–Kier alpha value is -2.66. The zero-order chi connectivity index (χ0) is 18.7. The number of aromatic nitrogens is 1. The zero-order valence-electron chi connectivity index (χ0n) is 15.7. The first-order valence-electron chi connectivity index (χ1n) is 10.1. The Morgan fingerprint density at radius 1 is 1.11 bits per heavy atom. The fourth-order valence-electron chi connectivity index (χ4n) is 4.80. The number of nitrogens with zero attached hydrogens (tertiary/aromatic N) is 2. The van der Waals surface area contributed by atoms with Crippen LogP contribution in [0.15, 0.2) is 47.0 Å². The van der Waals surface area contributed by atoms with E-state index in [1.54, 1.807) is 0 Å². The second-order valence-corrected chi connectivity index (χ2v) is 8.29. The number of piperidine rings is 1. The quantitative estimate of drug-likeness (QED) is 0.668. The van der Waals surface area contributed by atoms with Gasteiger partial charge in [0.25, 0.3) is 5.91 Å². The molecule has 1 aromatic heterocycles. The van der Waals surface area contributed by atoms with Gasteiger partial charge in [0.05, 0.1) is 17.6 Å². The number of amides is 1. The van der Waals surface area contributed by atoms with Crippen molar-refractivity contribution in [2.24, 2.45) is 0 Å². The summed E-state index contributed by atoms with van der Waals surface area (Å²) in [5.74, 6) is 0.611. The van der Waals surface area contributed by atoms with Crippen LogP contribution in [-0.4, -0.2) is 29.1 Å². The molecule has 2 aromatic carbocycles. The first-order valence-corrected chi connectivity index (χ1v) is 10.1. The van der Waals surface area contributed by atoms with Crippen LogP contribution in [0.5, 0.6) is 0 Å². The number of likely N-dealkylation sites (tertiary alicyclic amines) is 1. The molecule has 3 heterocycles. The third kappa shape index (κ3) is 2.42. The predicted molar refractivity (Wildman–Crippen MR) is 104 cm³/mol. The van der Waals surface area contributed by atoms with Crippen molar-refractivity contribution >= 4 is 16.9 Å². The smallest absolute Gasteiger partial charge is 0.276 e. The number of benzene rings is 2. The van der Waals surface area contributed by atoms with Crippen LogP contribution in [0, 0.1) is 0 Å². The monoisotopic (exact) mass is 374 g/mol. The molecule has 3 aromatic rings. The third-order valence-corrected chi connectivity index (χ3v) is 6.62. The molecule has 0 radical (unpaired) electrons. The van der Waals surface area contributed by atoms with E-state index < -0.39 is 0 Å². The van der Waals surface area contributed by atoms with Gasteiger partial charge in [-0.2, -0.15) is 0 Å². The number of hydrogen-bond acceptors (Lipinski definition) is 4. The lowest BCUT2D eigenvalue weighted by Gasteiger charge is -2.39. The topological polar surface area (TPSA) is 55.6 Å². The zero-order valence-corrected chi connectivity index (χ0v) is 15.7. The second-order valence-electron chi connectivity index (χ2n) is 8.29. The number of hydrogen-bond donors (Lipinski definition) is 0. The second kappa shape index (κ2) is 5.92. The molecule has 5 nitrogen and oxygen atoms in total. The van der Waals surface area contributed by atoms with E-state index in [2.05, 4.69) is 35.5 Å². The standard InChI is InChI=1S/C23H22N2O3/c26-22(21-18-8-7-16(15-5-6-15)13-20(18)28-24-21)25-11-9-23(10-12-25)19-4-2-1-3-17(19)14-27-23/h1-4,7-8,13,15H,5-6,9-12,14H2. The Balaban J connectivity index is 1.23. The Morgan fingerprint density at radius 2 is 1.93 bits per heavy atom. The molecule has 6 rings (SSSR count). The number of fused-ring (bicyclic) bond motifs is 3. The minimum atomic E-state index is -0.238. The maximum absolute atomic E-state index is 13.1. The fraction of sp³-hybridized carbons (Fsp3) is 0.391. The number of rotatable bonds is 2. The van der Waals surface area contributed by atoms with Crippen molar-refractivity contribution in [2.75, 3.05) is 13.1 Å². The van der Waals surface area contributed by atoms with Gasteiger partial charge in [0, 0.05) is 13.1 Å². The first kappa shape index (κ1) is 16.3. The molecule has 3 aliphatic rings. The summed E-state index contributed by atoms with van der Waals surface area (Å²) >= 11 is 0. The lowest BCUT2D eigenvalue weighted by Crippen LogP contribution is -2.45. The molecule has 5 heteroatoms. The van der Waals surface area contributed by atoms with Crippen molar-refractivity contribution in [2.45, 2.75) is 43.8 Å². The van der Waals surface area contributed by atoms with Crippen LogP contribution >= 0.6 is 0 Å². The highest BCUT2D eigenvalue weighted by Crippen LogP contribution is 2.44. The molecular weight excluding hydrogens is 352 g/mol. The van der Waals surface area contributed by atoms with Crippen molar-refractivity contribution in [3.63, 3.8) is 0 Å². The van der Waals surface area contributed by atoms with E-state index in [0.717, 1.165) is 18.2 Å². The molecular formula is C23H22N2O3.